The Labute approximate surface area is 154 Å². The number of nitrogens with one attached hydrogen (secondary N) is 2. The Balaban J connectivity index is 0.00000225. The summed E-state index contributed by atoms with van der Waals surface area (Å²) < 4.78 is 5.51. The number of benzene rings is 1. The van der Waals surface area contributed by atoms with E-state index >= 15 is 0 Å². The second-order valence-corrected chi connectivity index (χ2v) is 6.18. The maximum Gasteiger partial charge on any atom is 0.321 e. The molecule has 1 unspecified atom stereocenters. The predicted octanol–water partition coefficient (Wildman–Crippen LogP) is 1.08. The van der Waals surface area contributed by atoms with Gasteiger partial charge in [-0.3, -0.25) is 4.79 Å². The number of carbonyl (C=O) groups excluding carboxylic acids is 2. The normalized spacial score (nSPS) is 20.6. The number of piperazine rings is 1. The quantitative estimate of drug-likeness (QED) is 0.819. The Hall–Kier alpha value is -1.83. The van der Waals surface area contributed by atoms with Crippen molar-refractivity contribution in [3.8, 4) is 0 Å². The molecule has 25 heavy (non-hydrogen) atoms. The number of anilines is 1. The fourth-order valence-corrected chi connectivity index (χ4v) is 2.98. The molecule has 7 nitrogen and oxygen atoms in total. The summed E-state index contributed by atoms with van der Waals surface area (Å²) in [7, 11) is 0. The highest BCUT2D eigenvalue weighted by atomic mass is 35.5. The third-order valence-electron chi connectivity index (χ3n) is 4.35. The lowest BCUT2D eigenvalue weighted by Crippen LogP contribution is -2.56. The number of amides is 3. The molecule has 2 aliphatic heterocycles. The predicted molar refractivity (Wildman–Crippen MR) is 98.2 cm³/mol. The van der Waals surface area contributed by atoms with Crippen LogP contribution in [0.2, 0.25) is 0 Å². The number of rotatable bonds is 2. The summed E-state index contributed by atoms with van der Waals surface area (Å²) in [6, 6.07) is 7.59. The highest BCUT2D eigenvalue weighted by Gasteiger charge is 2.30. The van der Waals surface area contributed by atoms with Crippen LogP contribution in [-0.4, -0.2) is 73.7 Å². The van der Waals surface area contributed by atoms with Crippen molar-refractivity contribution in [2.45, 2.75) is 13.0 Å². The molecule has 1 aromatic carbocycles. The van der Waals surface area contributed by atoms with E-state index in [0.29, 0.717) is 39.3 Å². The third kappa shape index (κ3) is 5.07. The number of hydrogen-bond acceptors (Lipinski definition) is 4. The number of aryl methyl sites for hydroxylation is 1. The van der Waals surface area contributed by atoms with Crippen molar-refractivity contribution in [1.82, 2.24) is 15.1 Å². The highest BCUT2D eigenvalue weighted by molar-refractivity contribution is 5.89. The van der Waals surface area contributed by atoms with Crippen LogP contribution in [0.4, 0.5) is 10.5 Å². The van der Waals surface area contributed by atoms with Gasteiger partial charge in [-0.15, -0.1) is 12.4 Å². The van der Waals surface area contributed by atoms with Gasteiger partial charge in [0.15, 0.2) is 0 Å². The number of carbonyl (C=O) groups is 2. The minimum atomic E-state index is -0.397. The van der Waals surface area contributed by atoms with Gasteiger partial charge in [-0.25, -0.2) is 4.79 Å². The molecule has 8 heteroatoms. The first kappa shape index (κ1) is 19.5. The molecule has 0 spiro atoms. The van der Waals surface area contributed by atoms with Crippen molar-refractivity contribution < 1.29 is 14.3 Å². The van der Waals surface area contributed by atoms with Gasteiger partial charge >= 0.3 is 6.03 Å². The minimum Gasteiger partial charge on any atom is -0.366 e. The van der Waals surface area contributed by atoms with Crippen LogP contribution < -0.4 is 10.6 Å². The standard InChI is InChI=1S/C17H24N4O3.ClH/c1-13-3-2-4-14(11-13)19-17(23)21-8-6-20(7-9-21)16(22)15-12-18-5-10-24-15;/h2-4,11,15,18H,5-10,12H2,1H3,(H,19,23);1H. The molecule has 2 heterocycles. The summed E-state index contributed by atoms with van der Waals surface area (Å²) in [5, 5.41) is 6.08. The van der Waals surface area contributed by atoms with Gasteiger partial charge in [-0.2, -0.15) is 0 Å². The maximum atomic E-state index is 12.4. The molecule has 3 amide bonds. The second-order valence-electron chi connectivity index (χ2n) is 6.18. The van der Waals surface area contributed by atoms with E-state index in [1.54, 1.807) is 9.80 Å². The van der Waals surface area contributed by atoms with E-state index in [9.17, 15) is 9.59 Å². The molecule has 0 saturated carbocycles. The zero-order valence-electron chi connectivity index (χ0n) is 14.4. The number of urea groups is 1. The van der Waals surface area contributed by atoms with Gasteiger partial charge in [0, 0.05) is 45.0 Å². The smallest absolute Gasteiger partial charge is 0.321 e. The first-order valence-electron chi connectivity index (χ1n) is 8.37. The van der Waals surface area contributed by atoms with E-state index in [4.69, 9.17) is 4.74 Å². The fourth-order valence-electron chi connectivity index (χ4n) is 2.98. The lowest BCUT2D eigenvalue weighted by atomic mass is 10.2. The fraction of sp³-hybridized carbons (Fsp3) is 0.529. The van der Waals surface area contributed by atoms with Crippen molar-refractivity contribution in [2.24, 2.45) is 0 Å². The van der Waals surface area contributed by atoms with Crippen molar-refractivity contribution in [3.05, 3.63) is 29.8 Å². The Morgan fingerprint density at radius 1 is 1.20 bits per heavy atom. The number of ether oxygens (including phenoxy) is 1. The molecule has 1 aromatic rings. The van der Waals surface area contributed by atoms with E-state index in [1.165, 1.54) is 0 Å². The number of halogens is 1. The lowest BCUT2D eigenvalue weighted by Gasteiger charge is -2.37. The molecule has 3 rings (SSSR count). The van der Waals surface area contributed by atoms with Crippen LogP contribution in [0.1, 0.15) is 5.56 Å². The topological polar surface area (TPSA) is 73.9 Å². The van der Waals surface area contributed by atoms with Crippen LogP contribution >= 0.6 is 12.4 Å². The van der Waals surface area contributed by atoms with E-state index in [2.05, 4.69) is 10.6 Å². The maximum absolute atomic E-state index is 12.4. The molecule has 2 saturated heterocycles. The monoisotopic (exact) mass is 368 g/mol. The first-order valence-corrected chi connectivity index (χ1v) is 8.37. The molecule has 2 aliphatic rings. The third-order valence-corrected chi connectivity index (χ3v) is 4.35. The van der Waals surface area contributed by atoms with Crippen molar-refractivity contribution in [2.75, 3.05) is 51.2 Å². The molecule has 138 valence electrons. The Morgan fingerprint density at radius 2 is 1.92 bits per heavy atom. The molecule has 0 bridgehead atoms. The van der Waals surface area contributed by atoms with Crippen molar-refractivity contribution in [1.29, 1.82) is 0 Å². The van der Waals surface area contributed by atoms with Gasteiger partial charge in [-0.1, -0.05) is 12.1 Å². The van der Waals surface area contributed by atoms with Crippen LogP contribution in [0.25, 0.3) is 0 Å². The summed E-state index contributed by atoms with van der Waals surface area (Å²) in [6.45, 7) is 6.05. The van der Waals surface area contributed by atoms with E-state index in [-0.39, 0.29) is 24.3 Å². The zero-order valence-corrected chi connectivity index (χ0v) is 15.2. The summed E-state index contributed by atoms with van der Waals surface area (Å²) >= 11 is 0. The van der Waals surface area contributed by atoms with Gasteiger partial charge in [0.05, 0.1) is 6.61 Å². The van der Waals surface area contributed by atoms with Gasteiger partial charge in [-0.05, 0) is 24.6 Å². The largest absolute Gasteiger partial charge is 0.366 e. The molecule has 2 N–H and O–H groups in total. The van der Waals surface area contributed by atoms with Crippen LogP contribution in [0.3, 0.4) is 0 Å². The van der Waals surface area contributed by atoms with E-state index in [1.807, 2.05) is 31.2 Å². The van der Waals surface area contributed by atoms with E-state index < -0.39 is 6.10 Å². The first-order chi connectivity index (χ1) is 11.6. The molecule has 1 atom stereocenters. The number of hydrogen-bond donors (Lipinski definition) is 2. The summed E-state index contributed by atoms with van der Waals surface area (Å²) in [5.74, 6) is 0.0148. The molecular formula is C17H25ClN4O3. The van der Waals surface area contributed by atoms with Crippen LogP contribution in [-0.2, 0) is 9.53 Å². The SMILES string of the molecule is Cc1cccc(NC(=O)N2CCN(C(=O)C3CNCCO3)CC2)c1.Cl. The van der Waals surface area contributed by atoms with Gasteiger partial charge in [0.25, 0.3) is 5.91 Å². The summed E-state index contributed by atoms with van der Waals surface area (Å²) in [5.41, 5.74) is 1.89. The summed E-state index contributed by atoms with van der Waals surface area (Å²) in [4.78, 5) is 28.3. The average Bonchev–Trinajstić information content (AvgIpc) is 2.62. The zero-order chi connectivity index (χ0) is 16.9. The number of nitrogens with zero attached hydrogens (tertiary/aromatic N) is 2. The number of morpholine rings is 1. The van der Waals surface area contributed by atoms with Gasteiger partial charge in [0.1, 0.15) is 6.10 Å². The Morgan fingerprint density at radius 3 is 2.56 bits per heavy atom. The van der Waals surface area contributed by atoms with Gasteiger partial charge in [0.2, 0.25) is 0 Å². The molecular weight excluding hydrogens is 344 g/mol. The molecule has 0 aliphatic carbocycles. The molecule has 0 radical (unpaired) electrons. The molecule has 2 fully saturated rings. The van der Waals surface area contributed by atoms with Crippen LogP contribution in [0.5, 0.6) is 0 Å². The van der Waals surface area contributed by atoms with E-state index in [0.717, 1.165) is 17.8 Å². The van der Waals surface area contributed by atoms with Gasteiger partial charge < -0.3 is 25.2 Å². The van der Waals surface area contributed by atoms with Crippen LogP contribution in [0.15, 0.2) is 24.3 Å². The highest BCUT2D eigenvalue weighted by Crippen LogP contribution is 2.12. The van der Waals surface area contributed by atoms with Crippen LogP contribution in [0, 0.1) is 6.92 Å². The lowest BCUT2D eigenvalue weighted by molar-refractivity contribution is -0.146. The molecule has 0 aromatic heterocycles. The average molecular weight is 369 g/mol. The van der Waals surface area contributed by atoms with Crippen molar-refractivity contribution >= 4 is 30.0 Å². The Kier molecular flexibility index (Phi) is 7.04. The Bertz CT molecular complexity index is 599. The minimum absolute atomic E-state index is 0. The van der Waals surface area contributed by atoms with Crippen molar-refractivity contribution in [3.63, 3.8) is 0 Å². The second kappa shape index (κ2) is 9.03. The summed E-state index contributed by atoms with van der Waals surface area (Å²) in [6.07, 6.45) is -0.397.